The van der Waals surface area contributed by atoms with Crippen LogP contribution in [0.1, 0.15) is 39.2 Å². The van der Waals surface area contributed by atoms with Crippen LogP contribution in [0.4, 0.5) is 0 Å². The van der Waals surface area contributed by atoms with E-state index in [-0.39, 0.29) is 11.9 Å². The van der Waals surface area contributed by atoms with Crippen molar-refractivity contribution in [2.45, 2.75) is 52.2 Å². The molecule has 1 unspecified atom stereocenters. The van der Waals surface area contributed by atoms with Crippen molar-refractivity contribution in [1.29, 1.82) is 0 Å². The Bertz CT molecular complexity index is 479. The lowest BCUT2D eigenvalue weighted by molar-refractivity contribution is -0.134. The Morgan fingerprint density at radius 3 is 2.35 bits per heavy atom. The standard InChI is InChI=1S/C19H31N3O/c1-15(2)22(19(23)16(3)20)14-18-9-11-21(12-10-18)13-17-7-5-4-6-8-17/h4-8,15-16,18H,9-14,20H2,1-3H3. The zero-order valence-corrected chi connectivity index (χ0v) is 14.7. The van der Waals surface area contributed by atoms with E-state index in [1.165, 1.54) is 5.56 Å². The molecule has 2 N–H and O–H groups in total. The van der Waals surface area contributed by atoms with Gasteiger partial charge in [-0.15, -0.1) is 0 Å². The van der Waals surface area contributed by atoms with Gasteiger partial charge >= 0.3 is 0 Å². The summed E-state index contributed by atoms with van der Waals surface area (Å²) in [5.41, 5.74) is 7.17. The molecule has 4 heteroatoms. The Hall–Kier alpha value is -1.39. The molecule has 0 saturated carbocycles. The van der Waals surface area contributed by atoms with Crippen molar-refractivity contribution < 1.29 is 4.79 Å². The molecule has 23 heavy (non-hydrogen) atoms. The number of likely N-dealkylation sites (tertiary alicyclic amines) is 1. The zero-order chi connectivity index (χ0) is 16.8. The molecule has 2 rings (SSSR count). The fraction of sp³-hybridized carbons (Fsp3) is 0.632. The normalized spacial score (nSPS) is 18.1. The lowest BCUT2D eigenvalue weighted by Gasteiger charge is -2.37. The van der Waals surface area contributed by atoms with Gasteiger partial charge in [0.2, 0.25) is 5.91 Å². The first kappa shape index (κ1) is 18.0. The van der Waals surface area contributed by atoms with E-state index < -0.39 is 6.04 Å². The maximum absolute atomic E-state index is 12.3. The number of carbonyl (C=O) groups excluding carboxylic acids is 1. The molecule has 0 bridgehead atoms. The van der Waals surface area contributed by atoms with Crippen molar-refractivity contribution in [2.24, 2.45) is 11.7 Å². The molecular formula is C19H31N3O. The first-order valence-electron chi connectivity index (χ1n) is 8.79. The van der Waals surface area contributed by atoms with Gasteiger partial charge in [-0.05, 0) is 58.2 Å². The van der Waals surface area contributed by atoms with Crippen LogP contribution in [0.25, 0.3) is 0 Å². The van der Waals surface area contributed by atoms with Crippen LogP contribution in [0.2, 0.25) is 0 Å². The van der Waals surface area contributed by atoms with Crippen LogP contribution in [0, 0.1) is 5.92 Å². The summed E-state index contributed by atoms with van der Waals surface area (Å²) in [7, 11) is 0. The Balaban J connectivity index is 1.82. The summed E-state index contributed by atoms with van der Waals surface area (Å²) in [6.45, 7) is 10.0. The summed E-state index contributed by atoms with van der Waals surface area (Å²) in [6, 6.07) is 10.4. The summed E-state index contributed by atoms with van der Waals surface area (Å²) in [6.07, 6.45) is 2.31. The summed E-state index contributed by atoms with van der Waals surface area (Å²) in [4.78, 5) is 16.7. The van der Waals surface area contributed by atoms with E-state index in [2.05, 4.69) is 49.1 Å². The topological polar surface area (TPSA) is 49.6 Å². The van der Waals surface area contributed by atoms with E-state index in [1.807, 2.05) is 4.90 Å². The molecule has 0 spiro atoms. The van der Waals surface area contributed by atoms with E-state index in [0.717, 1.165) is 39.0 Å². The van der Waals surface area contributed by atoms with Crippen molar-refractivity contribution >= 4 is 5.91 Å². The minimum atomic E-state index is -0.407. The summed E-state index contributed by atoms with van der Waals surface area (Å²) >= 11 is 0. The van der Waals surface area contributed by atoms with Gasteiger partial charge in [0, 0.05) is 19.1 Å². The Morgan fingerprint density at radius 2 is 1.83 bits per heavy atom. The van der Waals surface area contributed by atoms with Crippen LogP contribution in [-0.4, -0.2) is 47.4 Å². The van der Waals surface area contributed by atoms with Crippen LogP contribution >= 0.6 is 0 Å². The van der Waals surface area contributed by atoms with Gasteiger partial charge in [0.15, 0.2) is 0 Å². The number of carbonyl (C=O) groups is 1. The first-order valence-corrected chi connectivity index (χ1v) is 8.79. The van der Waals surface area contributed by atoms with E-state index in [4.69, 9.17) is 5.73 Å². The predicted molar refractivity (Wildman–Crippen MR) is 94.9 cm³/mol. The predicted octanol–water partition coefficient (Wildman–Crippen LogP) is 2.48. The van der Waals surface area contributed by atoms with Gasteiger partial charge < -0.3 is 10.6 Å². The molecular weight excluding hydrogens is 286 g/mol. The maximum Gasteiger partial charge on any atom is 0.239 e. The van der Waals surface area contributed by atoms with Gasteiger partial charge in [0.05, 0.1) is 6.04 Å². The average Bonchev–Trinajstić information content (AvgIpc) is 2.54. The average molecular weight is 317 g/mol. The van der Waals surface area contributed by atoms with Gasteiger partial charge in [0.1, 0.15) is 0 Å². The number of amides is 1. The highest BCUT2D eigenvalue weighted by molar-refractivity contribution is 5.81. The molecule has 0 aromatic heterocycles. The summed E-state index contributed by atoms with van der Waals surface area (Å²) in [5, 5.41) is 0. The van der Waals surface area contributed by atoms with Crippen molar-refractivity contribution in [3.8, 4) is 0 Å². The second-order valence-electron chi connectivity index (χ2n) is 7.08. The molecule has 1 heterocycles. The lowest BCUT2D eigenvalue weighted by atomic mass is 9.95. The fourth-order valence-electron chi connectivity index (χ4n) is 3.26. The molecule has 1 aliphatic heterocycles. The van der Waals surface area contributed by atoms with E-state index in [1.54, 1.807) is 6.92 Å². The van der Waals surface area contributed by atoms with Gasteiger partial charge in [-0.2, -0.15) is 0 Å². The second-order valence-corrected chi connectivity index (χ2v) is 7.08. The monoisotopic (exact) mass is 317 g/mol. The number of nitrogens with zero attached hydrogens (tertiary/aromatic N) is 2. The molecule has 128 valence electrons. The van der Waals surface area contributed by atoms with E-state index in [9.17, 15) is 4.79 Å². The second kappa shape index (κ2) is 8.46. The van der Waals surface area contributed by atoms with Crippen molar-refractivity contribution in [2.75, 3.05) is 19.6 Å². The Kier molecular flexibility index (Phi) is 6.60. The van der Waals surface area contributed by atoms with E-state index >= 15 is 0 Å². The number of hydrogen-bond acceptors (Lipinski definition) is 3. The molecule has 1 saturated heterocycles. The molecule has 4 nitrogen and oxygen atoms in total. The molecule has 1 atom stereocenters. The molecule has 1 aromatic rings. The summed E-state index contributed by atoms with van der Waals surface area (Å²) in [5.74, 6) is 0.666. The zero-order valence-electron chi connectivity index (χ0n) is 14.7. The van der Waals surface area contributed by atoms with E-state index in [0.29, 0.717) is 5.92 Å². The van der Waals surface area contributed by atoms with Crippen LogP contribution in [0.3, 0.4) is 0 Å². The van der Waals surface area contributed by atoms with Crippen LogP contribution in [-0.2, 0) is 11.3 Å². The van der Waals surface area contributed by atoms with Crippen LogP contribution in [0.15, 0.2) is 30.3 Å². The number of rotatable bonds is 6. The smallest absolute Gasteiger partial charge is 0.239 e. The third kappa shape index (κ3) is 5.33. The molecule has 0 aliphatic carbocycles. The number of nitrogens with two attached hydrogens (primary N) is 1. The fourth-order valence-corrected chi connectivity index (χ4v) is 3.26. The van der Waals surface area contributed by atoms with Crippen molar-refractivity contribution in [3.05, 3.63) is 35.9 Å². The van der Waals surface area contributed by atoms with Crippen molar-refractivity contribution in [3.63, 3.8) is 0 Å². The largest absolute Gasteiger partial charge is 0.339 e. The highest BCUT2D eigenvalue weighted by Crippen LogP contribution is 2.21. The van der Waals surface area contributed by atoms with Gasteiger partial charge in [-0.3, -0.25) is 9.69 Å². The minimum Gasteiger partial charge on any atom is -0.339 e. The third-order valence-electron chi connectivity index (χ3n) is 4.71. The van der Waals surface area contributed by atoms with Gasteiger partial charge in [-0.25, -0.2) is 0 Å². The highest BCUT2D eigenvalue weighted by Gasteiger charge is 2.26. The Morgan fingerprint density at radius 1 is 1.22 bits per heavy atom. The first-order chi connectivity index (χ1) is 11.0. The Labute approximate surface area is 140 Å². The molecule has 1 aliphatic rings. The number of benzene rings is 1. The summed E-state index contributed by atoms with van der Waals surface area (Å²) < 4.78 is 0. The SMILES string of the molecule is CC(N)C(=O)N(CC1CCN(Cc2ccccc2)CC1)C(C)C. The van der Waals surface area contributed by atoms with Gasteiger partial charge in [-0.1, -0.05) is 30.3 Å². The maximum atomic E-state index is 12.3. The number of piperidine rings is 1. The molecule has 1 fully saturated rings. The quantitative estimate of drug-likeness (QED) is 0.877. The van der Waals surface area contributed by atoms with Crippen molar-refractivity contribution in [1.82, 2.24) is 9.80 Å². The van der Waals surface area contributed by atoms with Crippen LogP contribution < -0.4 is 5.73 Å². The van der Waals surface area contributed by atoms with Crippen LogP contribution in [0.5, 0.6) is 0 Å². The molecule has 1 amide bonds. The number of hydrogen-bond donors (Lipinski definition) is 1. The lowest BCUT2D eigenvalue weighted by Crippen LogP contribution is -2.49. The van der Waals surface area contributed by atoms with Gasteiger partial charge in [0.25, 0.3) is 0 Å². The highest BCUT2D eigenvalue weighted by atomic mass is 16.2. The molecule has 0 radical (unpaired) electrons. The molecule has 1 aromatic carbocycles. The third-order valence-corrected chi connectivity index (χ3v) is 4.71. The minimum absolute atomic E-state index is 0.0757.